The van der Waals surface area contributed by atoms with Gasteiger partial charge in [0.25, 0.3) is 0 Å². The molecule has 1 rings (SSSR count). The van der Waals surface area contributed by atoms with Gasteiger partial charge in [-0.1, -0.05) is 23.7 Å². The van der Waals surface area contributed by atoms with Crippen molar-refractivity contribution in [2.75, 3.05) is 12.0 Å². The predicted molar refractivity (Wildman–Crippen MR) is 67.6 cm³/mol. The van der Waals surface area contributed by atoms with Gasteiger partial charge in [0.1, 0.15) is 9.84 Å². The van der Waals surface area contributed by atoms with E-state index in [1.165, 1.54) is 6.26 Å². The number of rotatable bonds is 4. The molecule has 0 bridgehead atoms. The van der Waals surface area contributed by atoms with E-state index >= 15 is 0 Å². The Morgan fingerprint density at radius 3 is 2.56 bits per heavy atom. The molecular weight excluding hydrogens is 246 g/mol. The number of hydrogen-bond acceptors (Lipinski definition) is 3. The van der Waals surface area contributed by atoms with Gasteiger partial charge in [0.05, 0.1) is 5.75 Å². The normalized spacial score (nSPS) is 13.8. The molecular formula is C11H16ClNO2S. The van der Waals surface area contributed by atoms with Crippen molar-refractivity contribution >= 4 is 21.4 Å². The van der Waals surface area contributed by atoms with Crippen molar-refractivity contribution < 1.29 is 8.42 Å². The Bertz CT molecular complexity index is 471. The average molecular weight is 262 g/mol. The lowest BCUT2D eigenvalue weighted by atomic mass is 10.1. The third kappa shape index (κ3) is 4.51. The van der Waals surface area contributed by atoms with Crippen LogP contribution in [-0.2, 0) is 16.3 Å². The van der Waals surface area contributed by atoms with Gasteiger partial charge in [0.2, 0.25) is 0 Å². The van der Waals surface area contributed by atoms with Gasteiger partial charge in [0, 0.05) is 17.3 Å². The zero-order valence-corrected chi connectivity index (χ0v) is 11.0. The summed E-state index contributed by atoms with van der Waals surface area (Å²) in [6, 6.07) is 5.27. The number of hydrogen-bond donors (Lipinski definition) is 1. The summed E-state index contributed by atoms with van der Waals surface area (Å²) >= 11 is 6.04. The summed E-state index contributed by atoms with van der Waals surface area (Å²) in [5, 5.41) is 0.643. The molecule has 0 aliphatic heterocycles. The molecule has 0 spiro atoms. The third-order valence-electron chi connectivity index (χ3n) is 2.21. The highest BCUT2D eigenvalue weighted by Crippen LogP contribution is 2.18. The van der Waals surface area contributed by atoms with Crippen LogP contribution < -0.4 is 5.73 Å². The van der Waals surface area contributed by atoms with E-state index in [1.807, 2.05) is 25.1 Å². The van der Waals surface area contributed by atoms with Crippen LogP contribution in [0.1, 0.15) is 11.1 Å². The molecule has 0 saturated heterocycles. The largest absolute Gasteiger partial charge is 0.326 e. The fourth-order valence-electron chi connectivity index (χ4n) is 1.55. The van der Waals surface area contributed by atoms with E-state index in [0.29, 0.717) is 11.4 Å². The molecule has 0 amide bonds. The second-order valence-corrected chi connectivity index (χ2v) is 6.74. The maximum atomic E-state index is 11.1. The van der Waals surface area contributed by atoms with Gasteiger partial charge in [-0.15, -0.1) is 0 Å². The zero-order chi connectivity index (χ0) is 12.3. The smallest absolute Gasteiger partial charge is 0.148 e. The Labute approximate surface area is 102 Å². The Morgan fingerprint density at radius 2 is 2.06 bits per heavy atom. The average Bonchev–Trinajstić information content (AvgIpc) is 2.06. The van der Waals surface area contributed by atoms with Gasteiger partial charge >= 0.3 is 0 Å². The number of nitrogens with two attached hydrogens (primary N) is 1. The van der Waals surface area contributed by atoms with Gasteiger partial charge in [-0.3, -0.25) is 0 Å². The van der Waals surface area contributed by atoms with Crippen LogP contribution in [0.2, 0.25) is 5.02 Å². The molecule has 0 fully saturated rings. The van der Waals surface area contributed by atoms with Crippen molar-refractivity contribution in [1.29, 1.82) is 0 Å². The minimum Gasteiger partial charge on any atom is -0.326 e. The SMILES string of the molecule is Cc1ccc(CC(N)CS(C)(=O)=O)c(Cl)c1. The quantitative estimate of drug-likeness (QED) is 0.895. The van der Waals surface area contributed by atoms with Crippen LogP contribution in [0.15, 0.2) is 18.2 Å². The van der Waals surface area contributed by atoms with Crippen LogP contribution in [0, 0.1) is 6.92 Å². The van der Waals surface area contributed by atoms with Crippen molar-refractivity contribution in [2.45, 2.75) is 19.4 Å². The highest BCUT2D eigenvalue weighted by atomic mass is 35.5. The van der Waals surface area contributed by atoms with Crippen molar-refractivity contribution in [3.63, 3.8) is 0 Å². The van der Waals surface area contributed by atoms with Crippen LogP contribution >= 0.6 is 11.6 Å². The van der Waals surface area contributed by atoms with Crippen LogP contribution in [-0.4, -0.2) is 26.5 Å². The summed E-state index contributed by atoms with van der Waals surface area (Å²) < 4.78 is 22.1. The molecule has 0 radical (unpaired) electrons. The molecule has 2 N–H and O–H groups in total. The van der Waals surface area contributed by atoms with Gasteiger partial charge in [-0.2, -0.15) is 0 Å². The molecule has 1 atom stereocenters. The molecule has 0 aromatic heterocycles. The number of benzene rings is 1. The molecule has 3 nitrogen and oxygen atoms in total. The number of aryl methyl sites for hydroxylation is 1. The van der Waals surface area contributed by atoms with Crippen LogP contribution in [0.25, 0.3) is 0 Å². The summed E-state index contributed by atoms with van der Waals surface area (Å²) in [7, 11) is -3.03. The second kappa shape index (κ2) is 5.17. The third-order valence-corrected chi connectivity index (χ3v) is 3.59. The Morgan fingerprint density at radius 1 is 1.44 bits per heavy atom. The van der Waals surface area contributed by atoms with Gasteiger partial charge in [-0.25, -0.2) is 8.42 Å². The topological polar surface area (TPSA) is 60.2 Å². The molecule has 1 unspecified atom stereocenters. The van der Waals surface area contributed by atoms with E-state index in [0.717, 1.165) is 11.1 Å². The Hall–Kier alpha value is -0.580. The molecule has 0 aliphatic rings. The highest BCUT2D eigenvalue weighted by Gasteiger charge is 2.13. The first-order valence-corrected chi connectivity index (χ1v) is 7.40. The van der Waals surface area contributed by atoms with E-state index in [9.17, 15) is 8.42 Å². The van der Waals surface area contributed by atoms with E-state index in [4.69, 9.17) is 17.3 Å². The lowest BCUT2D eigenvalue weighted by molar-refractivity contribution is 0.591. The molecule has 0 heterocycles. The second-order valence-electron chi connectivity index (χ2n) is 4.15. The summed E-state index contributed by atoms with van der Waals surface area (Å²) in [5.74, 6) is -0.0167. The summed E-state index contributed by atoms with van der Waals surface area (Å²) in [4.78, 5) is 0. The standard InChI is InChI=1S/C11H16ClNO2S/c1-8-3-4-9(11(12)5-8)6-10(13)7-16(2,14)15/h3-5,10H,6-7,13H2,1-2H3. The molecule has 16 heavy (non-hydrogen) atoms. The monoisotopic (exact) mass is 261 g/mol. The molecule has 1 aromatic rings. The number of sulfone groups is 1. The van der Waals surface area contributed by atoms with E-state index < -0.39 is 15.9 Å². The zero-order valence-electron chi connectivity index (χ0n) is 9.40. The van der Waals surface area contributed by atoms with Crippen LogP contribution in [0.5, 0.6) is 0 Å². The first kappa shape index (κ1) is 13.5. The Kier molecular flexibility index (Phi) is 4.35. The van der Waals surface area contributed by atoms with Crippen molar-refractivity contribution in [2.24, 2.45) is 5.73 Å². The molecule has 5 heteroatoms. The summed E-state index contributed by atoms with van der Waals surface area (Å²) in [5.41, 5.74) is 7.73. The fourth-order valence-corrected chi connectivity index (χ4v) is 2.76. The summed E-state index contributed by atoms with van der Waals surface area (Å²) in [6.45, 7) is 1.95. The minimum atomic E-state index is -3.03. The van der Waals surface area contributed by atoms with Gasteiger partial charge in [-0.05, 0) is 30.5 Å². The van der Waals surface area contributed by atoms with E-state index in [1.54, 1.807) is 0 Å². The molecule has 0 saturated carbocycles. The van der Waals surface area contributed by atoms with E-state index in [2.05, 4.69) is 0 Å². The highest BCUT2D eigenvalue weighted by molar-refractivity contribution is 7.90. The molecule has 90 valence electrons. The lowest BCUT2D eigenvalue weighted by Crippen LogP contribution is -2.31. The predicted octanol–water partition coefficient (Wildman–Crippen LogP) is 1.56. The minimum absolute atomic E-state index is 0.0167. The van der Waals surface area contributed by atoms with Crippen LogP contribution in [0.4, 0.5) is 0 Å². The van der Waals surface area contributed by atoms with Crippen molar-refractivity contribution in [3.8, 4) is 0 Å². The first-order valence-electron chi connectivity index (χ1n) is 4.96. The fraction of sp³-hybridized carbons (Fsp3) is 0.455. The van der Waals surface area contributed by atoms with Crippen LogP contribution in [0.3, 0.4) is 0 Å². The molecule has 1 aromatic carbocycles. The maximum Gasteiger partial charge on any atom is 0.148 e. The summed E-state index contributed by atoms with van der Waals surface area (Å²) in [6.07, 6.45) is 1.66. The first-order chi connectivity index (χ1) is 7.28. The lowest BCUT2D eigenvalue weighted by Gasteiger charge is -2.11. The van der Waals surface area contributed by atoms with Crippen molar-refractivity contribution in [1.82, 2.24) is 0 Å². The number of halogens is 1. The van der Waals surface area contributed by atoms with E-state index in [-0.39, 0.29) is 5.75 Å². The maximum absolute atomic E-state index is 11.1. The van der Waals surface area contributed by atoms with Gasteiger partial charge in [0.15, 0.2) is 0 Å². The Balaban J connectivity index is 2.73. The van der Waals surface area contributed by atoms with Crippen molar-refractivity contribution in [3.05, 3.63) is 34.3 Å². The van der Waals surface area contributed by atoms with Gasteiger partial charge < -0.3 is 5.73 Å². The molecule has 0 aliphatic carbocycles.